The number of anilines is 1. The molecule has 2 aromatic rings. The minimum Gasteiger partial charge on any atom is -0.370 e. The first-order valence-electron chi connectivity index (χ1n) is 6.83. The number of guanidine groups is 1. The van der Waals surface area contributed by atoms with Crippen molar-refractivity contribution in [2.24, 2.45) is 10.7 Å². The average Bonchev–Trinajstić information content (AvgIpc) is 2.44. The molecule has 0 aromatic heterocycles. The predicted molar refractivity (Wildman–Crippen MR) is 103 cm³/mol. The minimum absolute atomic E-state index is 0. The van der Waals surface area contributed by atoms with E-state index in [2.05, 4.69) is 16.4 Å². The van der Waals surface area contributed by atoms with Gasteiger partial charge in [0.05, 0.1) is 17.0 Å². The van der Waals surface area contributed by atoms with Gasteiger partial charge in [-0.05, 0) is 37.1 Å². The Morgan fingerprint density at radius 1 is 1.22 bits per heavy atom. The Bertz CT molecular complexity index is 712. The van der Waals surface area contributed by atoms with Crippen LogP contribution in [0.3, 0.4) is 0 Å². The van der Waals surface area contributed by atoms with Crippen molar-refractivity contribution in [1.29, 1.82) is 0 Å². The molecule has 0 aliphatic heterocycles. The number of hydrogen-bond acceptors (Lipinski definition) is 3. The number of halogens is 1. The van der Waals surface area contributed by atoms with Gasteiger partial charge in [0.2, 0.25) is 0 Å². The van der Waals surface area contributed by atoms with Gasteiger partial charge < -0.3 is 11.1 Å². The Morgan fingerprint density at radius 2 is 1.83 bits per heavy atom. The standard InChI is InChI=1S/C16H18N4O2.HI/c1-11-7-12(2)9-14(8-11)19-16(17)18-10-13-5-3-4-6-15(13)20(21)22;/h3-9H,10H2,1-2H3,(H3,17,18,19);1H. The number of nitro groups is 1. The summed E-state index contributed by atoms with van der Waals surface area (Å²) < 4.78 is 0. The van der Waals surface area contributed by atoms with E-state index in [0.717, 1.165) is 16.8 Å². The second-order valence-corrected chi connectivity index (χ2v) is 5.09. The van der Waals surface area contributed by atoms with Crippen LogP contribution in [0.15, 0.2) is 47.5 Å². The molecule has 0 spiro atoms. The lowest BCUT2D eigenvalue weighted by Gasteiger charge is -2.08. The smallest absolute Gasteiger partial charge is 0.274 e. The summed E-state index contributed by atoms with van der Waals surface area (Å²) in [7, 11) is 0. The number of nitrogens with one attached hydrogen (secondary N) is 1. The van der Waals surface area contributed by atoms with Crippen molar-refractivity contribution in [3.05, 3.63) is 69.3 Å². The highest BCUT2D eigenvalue weighted by Gasteiger charge is 2.11. The number of rotatable bonds is 4. The molecular formula is C16H19IN4O2. The van der Waals surface area contributed by atoms with E-state index in [-0.39, 0.29) is 42.2 Å². The normalized spacial score (nSPS) is 10.8. The van der Waals surface area contributed by atoms with Crippen molar-refractivity contribution in [1.82, 2.24) is 0 Å². The number of benzene rings is 2. The molecule has 0 saturated carbocycles. The van der Waals surface area contributed by atoms with Gasteiger partial charge in [0.1, 0.15) is 0 Å². The number of hydrogen-bond donors (Lipinski definition) is 2. The third-order valence-electron chi connectivity index (χ3n) is 3.10. The zero-order chi connectivity index (χ0) is 16.1. The molecule has 0 radical (unpaired) electrons. The fourth-order valence-electron chi connectivity index (χ4n) is 2.23. The Hall–Kier alpha value is -2.16. The van der Waals surface area contributed by atoms with E-state index in [0.29, 0.717) is 5.56 Å². The van der Waals surface area contributed by atoms with Crippen LogP contribution in [-0.2, 0) is 6.54 Å². The van der Waals surface area contributed by atoms with Crippen molar-refractivity contribution in [2.75, 3.05) is 5.32 Å². The third-order valence-corrected chi connectivity index (χ3v) is 3.10. The number of nitrogens with two attached hydrogens (primary N) is 1. The Morgan fingerprint density at radius 3 is 2.43 bits per heavy atom. The number of aliphatic imine (C=N–C) groups is 1. The van der Waals surface area contributed by atoms with Gasteiger partial charge in [0, 0.05) is 11.8 Å². The number of aryl methyl sites for hydroxylation is 2. The molecule has 0 aliphatic rings. The van der Waals surface area contributed by atoms with Crippen molar-refractivity contribution >= 4 is 41.3 Å². The molecule has 0 fully saturated rings. The molecule has 0 unspecified atom stereocenters. The average molecular weight is 426 g/mol. The van der Waals surface area contributed by atoms with Gasteiger partial charge in [-0.2, -0.15) is 0 Å². The quantitative estimate of drug-likeness (QED) is 0.256. The molecule has 0 saturated heterocycles. The highest BCUT2D eigenvalue weighted by atomic mass is 127. The Balaban J connectivity index is 0.00000264. The fourth-order valence-corrected chi connectivity index (χ4v) is 2.23. The van der Waals surface area contributed by atoms with E-state index < -0.39 is 4.92 Å². The van der Waals surface area contributed by atoms with Crippen molar-refractivity contribution in [3.8, 4) is 0 Å². The van der Waals surface area contributed by atoms with Crippen molar-refractivity contribution < 1.29 is 4.92 Å². The third kappa shape index (κ3) is 5.51. The van der Waals surface area contributed by atoms with E-state index in [1.807, 2.05) is 26.0 Å². The van der Waals surface area contributed by atoms with Crippen LogP contribution >= 0.6 is 24.0 Å². The summed E-state index contributed by atoms with van der Waals surface area (Å²) >= 11 is 0. The Labute approximate surface area is 152 Å². The first-order valence-corrected chi connectivity index (χ1v) is 6.83. The molecule has 2 rings (SSSR count). The number of nitro benzene ring substituents is 1. The molecular weight excluding hydrogens is 407 g/mol. The molecule has 0 amide bonds. The van der Waals surface area contributed by atoms with E-state index >= 15 is 0 Å². The summed E-state index contributed by atoms with van der Waals surface area (Å²) in [6.45, 7) is 4.15. The van der Waals surface area contributed by atoms with Gasteiger partial charge in [-0.3, -0.25) is 10.1 Å². The first kappa shape index (κ1) is 18.9. The minimum atomic E-state index is -0.418. The molecule has 0 aliphatic carbocycles. The molecule has 23 heavy (non-hydrogen) atoms. The molecule has 0 heterocycles. The van der Waals surface area contributed by atoms with Crippen molar-refractivity contribution in [3.63, 3.8) is 0 Å². The van der Waals surface area contributed by atoms with Crippen LogP contribution in [0.25, 0.3) is 0 Å². The van der Waals surface area contributed by atoms with Gasteiger partial charge in [-0.1, -0.05) is 24.3 Å². The van der Waals surface area contributed by atoms with Crippen LogP contribution in [0.5, 0.6) is 0 Å². The maximum atomic E-state index is 10.9. The summed E-state index contributed by atoms with van der Waals surface area (Å²) in [4.78, 5) is 14.7. The number of para-hydroxylation sites is 1. The van der Waals surface area contributed by atoms with Crippen LogP contribution in [-0.4, -0.2) is 10.9 Å². The largest absolute Gasteiger partial charge is 0.370 e. The van der Waals surface area contributed by atoms with E-state index in [1.54, 1.807) is 18.2 Å². The zero-order valence-electron chi connectivity index (χ0n) is 12.9. The lowest BCUT2D eigenvalue weighted by Crippen LogP contribution is -2.22. The summed E-state index contributed by atoms with van der Waals surface area (Å²) in [5.74, 6) is 0.225. The Kier molecular flexibility index (Phi) is 6.95. The molecule has 7 heteroatoms. The van der Waals surface area contributed by atoms with Crippen molar-refractivity contribution in [2.45, 2.75) is 20.4 Å². The first-order chi connectivity index (χ1) is 10.5. The van der Waals surface area contributed by atoms with Gasteiger partial charge in [-0.25, -0.2) is 4.99 Å². The van der Waals surface area contributed by atoms with E-state index in [4.69, 9.17) is 5.73 Å². The lowest BCUT2D eigenvalue weighted by atomic mass is 10.1. The van der Waals surface area contributed by atoms with Gasteiger partial charge in [-0.15, -0.1) is 24.0 Å². The molecule has 2 aromatic carbocycles. The monoisotopic (exact) mass is 426 g/mol. The van der Waals surface area contributed by atoms with E-state index in [9.17, 15) is 10.1 Å². The number of nitrogens with zero attached hydrogens (tertiary/aromatic N) is 2. The summed E-state index contributed by atoms with van der Waals surface area (Å²) in [6.07, 6.45) is 0. The van der Waals surface area contributed by atoms with Gasteiger partial charge in [0.15, 0.2) is 5.96 Å². The van der Waals surface area contributed by atoms with E-state index in [1.165, 1.54) is 6.07 Å². The van der Waals surface area contributed by atoms with Crippen LogP contribution in [0.1, 0.15) is 16.7 Å². The SMILES string of the molecule is Cc1cc(C)cc(NC(N)=NCc2ccccc2[N+](=O)[O-])c1.I. The maximum absolute atomic E-state index is 10.9. The highest BCUT2D eigenvalue weighted by molar-refractivity contribution is 14.0. The van der Waals surface area contributed by atoms with Gasteiger partial charge in [0.25, 0.3) is 5.69 Å². The van der Waals surface area contributed by atoms with Crippen LogP contribution < -0.4 is 11.1 Å². The molecule has 0 bridgehead atoms. The highest BCUT2D eigenvalue weighted by Crippen LogP contribution is 2.18. The molecule has 0 atom stereocenters. The predicted octanol–water partition coefficient (Wildman–Crippen LogP) is 3.76. The maximum Gasteiger partial charge on any atom is 0.274 e. The second kappa shape index (κ2) is 8.47. The molecule has 3 N–H and O–H groups in total. The van der Waals surface area contributed by atoms with Crippen LogP contribution in [0.4, 0.5) is 11.4 Å². The van der Waals surface area contributed by atoms with Crippen LogP contribution in [0, 0.1) is 24.0 Å². The van der Waals surface area contributed by atoms with Crippen LogP contribution in [0.2, 0.25) is 0 Å². The fraction of sp³-hybridized carbons (Fsp3) is 0.188. The summed E-state index contributed by atoms with van der Waals surface area (Å²) in [6, 6.07) is 12.5. The lowest BCUT2D eigenvalue weighted by molar-refractivity contribution is -0.385. The zero-order valence-corrected chi connectivity index (χ0v) is 15.3. The molecule has 122 valence electrons. The summed E-state index contributed by atoms with van der Waals surface area (Å²) in [5.41, 5.74) is 9.51. The second-order valence-electron chi connectivity index (χ2n) is 5.09. The molecule has 6 nitrogen and oxygen atoms in total. The van der Waals surface area contributed by atoms with Gasteiger partial charge >= 0.3 is 0 Å². The topological polar surface area (TPSA) is 93.5 Å². The summed E-state index contributed by atoms with van der Waals surface area (Å²) in [5, 5.41) is 13.9.